The van der Waals surface area contributed by atoms with Crippen LogP contribution in [0.1, 0.15) is 10.4 Å². The van der Waals surface area contributed by atoms with Crippen LogP contribution in [0.5, 0.6) is 0 Å². The second kappa shape index (κ2) is 9.36. The van der Waals surface area contributed by atoms with Gasteiger partial charge in [-0.05, 0) is 0 Å². The van der Waals surface area contributed by atoms with E-state index in [1.54, 1.807) is 47.8 Å². The zero-order valence-corrected chi connectivity index (χ0v) is 18.2. The molecule has 0 aliphatic carbocycles. The Morgan fingerprint density at radius 3 is 2.22 bits per heavy atom. The van der Waals surface area contributed by atoms with E-state index in [9.17, 15) is 4.79 Å². The molecule has 2 aromatic rings. The topological polar surface area (TPSA) is 17.1 Å². The van der Waals surface area contributed by atoms with Crippen molar-refractivity contribution in [3.63, 3.8) is 0 Å². The fraction of sp³-hybridized carbons (Fsp3) is 0.118. The predicted molar refractivity (Wildman–Crippen MR) is 109 cm³/mol. The quantitative estimate of drug-likeness (QED) is 0.313. The molecular formula is C17H14BrClOS2Se. The van der Waals surface area contributed by atoms with Gasteiger partial charge in [0.2, 0.25) is 0 Å². The van der Waals surface area contributed by atoms with Gasteiger partial charge < -0.3 is 0 Å². The van der Waals surface area contributed by atoms with Crippen LogP contribution in [0.4, 0.5) is 0 Å². The number of carbonyl (C=O) groups excluding carboxylic acids is 1. The first-order valence-corrected chi connectivity index (χ1v) is 11.9. The first-order valence-electron chi connectivity index (χ1n) is 6.61. The predicted octanol–water partition coefficient (Wildman–Crippen LogP) is 5.21. The Kier molecular flexibility index (Phi) is 7.80. The number of thioether (sulfide) groups is 2. The first-order chi connectivity index (χ1) is 11.1. The van der Waals surface area contributed by atoms with Gasteiger partial charge in [0.25, 0.3) is 0 Å². The Bertz CT molecular complexity index is 726. The van der Waals surface area contributed by atoms with Crippen molar-refractivity contribution in [2.75, 3.05) is 12.5 Å². The number of hydrogen-bond donors (Lipinski definition) is 0. The Balaban J connectivity index is 2.43. The minimum absolute atomic E-state index is 0.0713. The van der Waals surface area contributed by atoms with Crippen LogP contribution < -0.4 is 4.46 Å². The summed E-state index contributed by atoms with van der Waals surface area (Å²) in [5.74, 6) is 0.0797. The van der Waals surface area contributed by atoms with Gasteiger partial charge in [0.1, 0.15) is 0 Å². The van der Waals surface area contributed by atoms with E-state index in [1.807, 2.05) is 30.7 Å². The Morgan fingerprint density at radius 1 is 1.04 bits per heavy atom. The van der Waals surface area contributed by atoms with Gasteiger partial charge >= 0.3 is 166 Å². The third-order valence-electron chi connectivity index (χ3n) is 2.92. The average molecular weight is 493 g/mol. The van der Waals surface area contributed by atoms with Gasteiger partial charge in [0.15, 0.2) is 0 Å². The summed E-state index contributed by atoms with van der Waals surface area (Å²) in [6.07, 6.45) is 4.02. The van der Waals surface area contributed by atoms with E-state index in [-0.39, 0.29) is 20.7 Å². The number of carbonyl (C=O) groups is 1. The van der Waals surface area contributed by atoms with Gasteiger partial charge in [0.05, 0.1) is 0 Å². The fourth-order valence-electron chi connectivity index (χ4n) is 1.82. The molecular weight excluding hydrogens is 479 g/mol. The summed E-state index contributed by atoms with van der Waals surface area (Å²) in [6.45, 7) is 0. The van der Waals surface area contributed by atoms with Crippen LogP contribution in [0.25, 0.3) is 0 Å². The number of Topliss-reactive ketones (excluding diaryl/α,β-unsaturated/α-hetero) is 1. The molecule has 120 valence electrons. The van der Waals surface area contributed by atoms with E-state index in [0.29, 0.717) is 10.6 Å². The molecule has 0 amide bonds. The zero-order chi connectivity index (χ0) is 16.8. The molecule has 0 radical (unpaired) electrons. The molecule has 0 heterocycles. The van der Waals surface area contributed by atoms with Crippen molar-refractivity contribution in [2.24, 2.45) is 0 Å². The summed E-state index contributed by atoms with van der Waals surface area (Å²) in [6, 6.07) is 15.2. The third-order valence-corrected chi connectivity index (χ3v) is 9.64. The fourth-order valence-corrected chi connectivity index (χ4v) is 7.09. The van der Waals surface area contributed by atoms with E-state index in [2.05, 4.69) is 22.0 Å². The maximum absolute atomic E-state index is 13.0. The molecule has 0 fully saturated rings. The Labute approximate surface area is 164 Å². The van der Waals surface area contributed by atoms with Crippen molar-refractivity contribution >= 4 is 76.3 Å². The van der Waals surface area contributed by atoms with Crippen molar-refractivity contribution in [3.8, 4) is 0 Å². The van der Waals surface area contributed by atoms with Gasteiger partial charge in [-0.3, -0.25) is 0 Å². The van der Waals surface area contributed by atoms with E-state index in [1.165, 1.54) is 0 Å². The van der Waals surface area contributed by atoms with Crippen LogP contribution >= 0.6 is 51.1 Å². The van der Waals surface area contributed by atoms with Crippen molar-refractivity contribution in [3.05, 3.63) is 72.3 Å². The summed E-state index contributed by atoms with van der Waals surface area (Å²) in [7, 11) is 0. The molecule has 0 aromatic heterocycles. The minimum atomic E-state index is -0.0713. The van der Waals surface area contributed by atoms with Crippen molar-refractivity contribution in [1.29, 1.82) is 0 Å². The third kappa shape index (κ3) is 5.15. The molecule has 0 saturated carbocycles. The number of halogens is 2. The summed E-state index contributed by atoms with van der Waals surface area (Å²) >= 11 is 12.7. The van der Waals surface area contributed by atoms with Gasteiger partial charge in [-0.15, -0.1) is 0 Å². The molecule has 2 rings (SSSR count). The summed E-state index contributed by atoms with van der Waals surface area (Å²) in [5.41, 5.74) is 0.680. The van der Waals surface area contributed by atoms with E-state index in [4.69, 9.17) is 11.6 Å². The SMILES string of the molecule is CSC(SC)=C([Se]c1ccccc1Br)C(=O)c1ccc(Cl)cc1. The number of allylic oxidation sites excluding steroid dienone is 1. The number of benzene rings is 2. The van der Waals surface area contributed by atoms with Crippen LogP contribution in [-0.4, -0.2) is 33.3 Å². The van der Waals surface area contributed by atoms with Crippen LogP contribution in [0.2, 0.25) is 5.02 Å². The second-order valence-electron chi connectivity index (χ2n) is 4.39. The van der Waals surface area contributed by atoms with Gasteiger partial charge in [-0.1, -0.05) is 0 Å². The Hall–Kier alpha value is -0.161. The van der Waals surface area contributed by atoms with Crippen molar-refractivity contribution < 1.29 is 4.79 Å². The van der Waals surface area contributed by atoms with E-state index in [0.717, 1.165) is 17.6 Å². The molecule has 0 saturated heterocycles. The van der Waals surface area contributed by atoms with E-state index >= 15 is 0 Å². The second-order valence-corrected chi connectivity index (χ2v) is 9.78. The Morgan fingerprint density at radius 2 is 1.65 bits per heavy atom. The molecule has 0 spiro atoms. The maximum atomic E-state index is 13.0. The van der Waals surface area contributed by atoms with Crippen LogP contribution in [0, 0.1) is 0 Å². The molecule has 0 N–H and O–H groups in total. The standard InChI is InChI=1S/C17H14BrClOS2Se/c1-21-17(22-2)16(23-14-6-4-3-5-13(14)18)15(20)11-7-9-12(19)10-8-11/h3-10H,1-2H3. The number of ketones is 1. The average Bonchev–Trinajstić information content (AvgIpc) is 2.57. The normalized spacial score (nSPS) is 10.4. The summed E-state index contributed by atoms with van der Waals surface area (Å²) in [5, 5.41) is 0.637. The van der Waals surface area contributed by atoms with Gasteiger partial charge in [-0.25, -0.2) is 0 Å². The van der Waals surface area contributed by atoms with Crippen LogP contribution in [-0.2, 0) is 0 Å². The zero-order valence-electron chi connectivity index (χ0n) is 12.5. The molecule has 0 unspecified atom stereocenters. The molecule has 1 nitrogen and oxygen atoms in total. The van der Waals surface area contributed by atoms with Gasteiger partial charge in [0, 0.05) is 0 Å². The van der Waals surface area contributed by atoms with E-state index < -0.39 is 0 Å². The molecule has 6 heteroatoms. The van der Waals surface area contributed by atoms with Crippen molar-refractivity contribution in [1.82, 2.24) is 0 Å². The molecule has 0 bridgehead atoms. The number of rotatable bonds is 6. The molecule has 2 aromatic carbocycles. The van der Waals surface area contributed by atoms with Gasteiger partial charge in [-0.2, -0.15) is 0 Å². The monoisotopic (exact) mass is 492 g/mol. The molecule has 0 atom stereocenters. The summed E-state index contributed by atoms with van der Waals surface area (Å²) in [4.78, 5) is 13.0. The number of hydrogen-bond acceptors (Lipinski definition) is 3. The summed E-state index contributed by atoms with van der Waals surface area (Å²) < 4.78 is 4.16. The first kappa shape index (κ1) is 19.2. The molecule has 0 aliphatic rings. The molecule has 23 heavy (non-hydrogen) atoms. The van der Waals surface area contributed by atoms with Crippen molar-refractivity contribution in [2.45, 2.75) is 0 Å². The van der Waals surface area contributed by atoms with Crippen LogP contribution in [0.3, 0.4) is 0 Å². The van der Waals surface area contributed by atoms with Crippen LogP contribution in [0.15, 0.2) is 61.7 Å². The molecule has 0 aliphatic heterocycles.